The van der Waals surface area contributed by atoms with Crippen molar-refractivity contribution in [1.29, 1.82) is 0 Å². The third-order valence-electron chi connectivity index (χ3n) is 3.52. The number of rotatable bonds is 0. The first-order chi connectivity index (χ1) is 6.55. The molecule has 0 saturated carbocycles. The lowest BCUT2D eigenvalue weighted by Gasteiger charge is -2.31. The summed E-state index contributed by atoms with van der Waals surface area (Å²) in [5.41, 5.74) is 3.90. The van der Waals surface area contributed by atoms with E-state index in [0.717, 1.165) is 6.54 Å². The Morgan fingerprint density at radius 2 is 1.47 bits per heavy atom. The van der Waals surface area contributed by atoms with Crippen LogP contribution >= 0.6 is 0 Å². The van der Waals surface area contributed by atoms with E-state index >= 15 is 0 Å². The normalized spacial score (nSPS) is 25.2. The Bertz CT molecular complexity index is 273. The molecule has 1 aliphatic rings. The van der Waals surface area contributed by atoms with Gasteiger partial charge in [-0.25, -0.2) is 0 Å². The Kier molecular flexibility index (Phi) is 3.08. The van der Waals surface area contributed by atoms with E-state index in [1.54, 1.807) is 11.1 Å². The average Bonchev–Trinajstić information content (AvgIpc) is 2.25. The summed E-state index contributed by atoms with van der Waals surface area (Å²) < 4.78 is 0. The van der Waals surface area contributed by atoms with Crippen molar-refractivity contribution in [3.05, 3.63) is 11.1 Å². The minimum atomic E-state index is 0.298. The van der Waals surface area contributed by atoms with Gasteiger partial charge in [-0.3, -0.25) is 4.90 Å². The fourth-order valence-corrected chi connectivity index (χ4v) is 2.66. The zero-order chi connectivity index (χ0) is 12.0. The van der Waals surface area contributed by atoms with E-state index in [9.17, 15) is 0 Å². The zero-order valence-corrected chi connectivity index (χ0v) is 11.7. The highest BCUT2D eigenvalue weighted by Gasteiger charge is 2.37. The quantitative estimate of drug-likeness (QED) is 0.550. The summed E-state index contributed by atoms with van der Waals surface area (Å²) in [5, 5.41) is 0. The van der Waals surface area contributed by atoms with Crippen molar-refractivity contribution in [2.24, 2.45) is 10.8 Å². The van der Waals surface area contributed by atoms with Crippen LogP contribution in [0.15, 0.2) is 11.1 Å². The summed E-state index contributed by atoms with van der Waals surface area (Å²) in [6, 6.07) is 0.597. The van der Waals surface area contributed by atoms with Gasteiger partial charge in [0.25, 0.3) is 0 Å². The molecule has 0 saturated heterocycles. The minimum Gasteiger partial charge on any atom is -0.296 e. The van der Waals surface area contributed by atoms with Crippen LogP contribution in [0.2, 0.25) is 0 Å². The lowest BCUT2D eigenvalue weighted by Crippen LogP contribution is -2.28. The van der Waals surface area contributed by atoms with Gasteiger partial charge < -0.3 is 0 Å². The molecule has 0 spiro atoms. The molecule has 1 aliphatic heterocycles. The molecule has 0 aromatic heterocycles. The molecule has 1 atom stereocenters. The van der Waals surface area contributed by atoms with Crippen LogP contribution in [0.5, 0.6) is 0 Å². The maximum absolute atomic E-state index is 2.46. The Labute approximate surface area is 95.5 Å². The predicted octanol–water partition coefficient (Wildman–Crippen LogP) is 3.71. The van der Waals surface area contributed by atoms with E-state index in [1.165, 1.54) is 0 Å². The third kappa shape index (κ3) is 2.44. The van der Waals surface area contributed by atoms with Crippen molar-refractivity contribution < 1.29 is 0 Å². The van der Waals surface area contributed by atoms with E-state index in [1.807, 2.05) is 0 Å². The third-order valence-corrected chi connectivity index (χ3v) is 3.52. The molecule has 15 heavy (non-hydrogen) atoms. The highest BCUT2D eigenvalue weighted by Crippen LogP contribution is 2.43. The molecule has 1 nitrogen and oxygen atoms in total. The number of likely N-dealkylation sites (N-methyl/N-ethyl adjacent to an activating group) is 1. The average molecular weight is 209 g/mol. The van der Waals surface area contributed by atoms with Crippen LogP contribution in [-0.4, -0.2) is 24.5 Å². The van der Waals surface area contributed by atoms with Gasteiger partial charge in [0.15, 0.2) is 0 Å². The first kappa shape index (κ1) is 12.8. The van der Waals surface area contributed by atoms with Crippen molar-refractivity contribution in [3.8, 4) is 0 Å². The van der Waals surface area contributed by atoms with Crippen LogP contribution in [0, 0.1) is 10.8 Å². The molecule has 88 valence electrons. The molecular formula is C14H27N. The summed E-state index contributed by atoms with van der Waals surface area (Å²) >= 11 is 0. The van der Waals surface area contributed by atoms with E-state index in [0.29, 0.717) is 16.9 Å². The van der Waals surface area contributed by atoms with Crippen LogP contribution in [0.1, 0.15) is 48.5 Å². The van der Waals surface area contributed by atoms with Gasteiger partial charge in [-0.1, -0.05) is 41.5 Å². The molecule has 0 bridgehead atoms. The predicted molar refractivity (Wildman–Crippen MR) is 68.0 cm³/mol. The second kappa shape index (κ2) is 3.62. The Balaban J connectivity index is 3.22. The van der Waals surface area contributed by atoms with Crippen molar-refractivity contribution in [2.75, 3.05) is 13.6 Å². The topological polar surface area (TPSA) is 3.24 Å². The number of hydrogen-bond donors (Lipinski definition) is 0. The second-order valence-electron chi connectivity index (χ2n) is 6.98. The molecule has 0 aromatic carbocycles. The van der Waals surface area contributed by atoms with Crippen LogP contribution in [0.3, 0.4) is 0 Å². The Hall–Kier alpha value is -0.300. The highest BCUT2D eigenvalue weighted by molar-refractivity contribution is 5.34. The number of hydrogen-bond acceptors (Lipinski definition) is 1. The molecule has 0 amide bonds. The first-order valence-electron chi connectivity index (χ1n) is 5.99. The van der Waals surface area contributed by atoms with Gasteiger partial charge >= 0.3 is 0 Å². The van der Waals surface area contributed by atoms with Crippen LogP contribution in [0.25, 0.3) is 0 Å². The Morgan fingerprint density at radius 3 is 1.73 bits per heavy atom. The van der Waals surface area contributed by atoms with E-state index in [-0.39, 0.29) is 0 Å². The molecule has 1 heterocycles. The number of nitrogens with zero attached hydrogens (tertiary/aromatic N) is 1. The van der Waals surface area contributed by atoms with Crippen LogP contribution in [0.4, 0.5) is 0 Å². The van der Waals surface area contributed by atoms with Crippen LogP contribution in [-0.2, 0) is 0 Å². The first-order valence-corrected chi connectivity index (χ1v) is 5.99. The molecule has 1 unspecified atom stereocenters. The minimum absolute atomic E-state index is 0.298. The molecule has 1 heteroatoms. The smallest absolute Gasteiger partial charge is 0.0288 e. The molecule has 0 radical (unpaired) electrons. The van der Waals surface area contributed by atoms with Gasteiger partial charge in [0, 0.05) is 12.6 Å². The maximum Gasteiger partial charge on any atom is 0.0288 e. The second-order valence-corrected chi connectivity index (χ2v) is 6.98. The van der Waals surface area contributed by atoms with Crippen molar-refractivity contribution in [3.63, 3.8) is 0 Å². The molecular weight excluding hydrogens is 182 g/mol. The Morgan fingerprint density at radius 1 is 1.00 bits per heavy atom. The summed E-state index contributed by atoms with van der Waals surface area (Å²) in [4.78, 5) is 2.46. The monoisotopic (exact) mass is 209 g/mol. The summed E-state index contributed by atoms with van der Waals surface area (Å²) in [7, 11) is 2.23. The standard InChI is InChI=1S/C14H27N/c1-10-12(14(5,6)7)11(9-15(10)8)13(2,3)4/h10H,9H2,1-8H3. The molecule has 0 aromatic rings. The largest absolute Gasteiger partial charge is 0.296 e. The van der Waals surface area contributed by atoms with Crippen LogP contribution < -0.4 is 0 Å². The fraction of sp³-hybridized carbons (Fsp3) is 0.857. The molecule has 0 fully saturated rings. The zero-order valence-electron chi connectivity index (χ0n) is 11.7. The van der Waals surface area contributed by atoms with Gasteiger partial charge in [0.05, 0.1) is 0 Å². The molecule has 0 aliphatic carbocycles. The van der Waals surface area contributed by atoms with E-state index < -0.39 is 0 Å². The van der Waals surface area contributed by atoms with E-state index in [2.05, 4.69) is 60.4 Å². The van der Waals surface area contributed by atoms with E-state index in [4.69, 9.17) is 0 Å². The maximum atomic E-state index is 2.46. The lowest BCUT2D eigenvalue weighted by molar-refractivity contribution is 0.308. The highest BCUT2D eigenvalue weighted by atomic mass is 15.1. The summed E-state index contributed by atoms with van der Waals surface area (Å²) in [6.07, 6.45) is 0. The van der Waals surface area contributed by atoms with Crippen molar-refractivity contribution >= 4 is 0 Å². The SMILES string of the molecule is CC1C(C(C)(C)C)=C(C(C)(C)C)CN1C. The van der Waals surface area contributed by atoms with Crippen molar-refractivity contribution in [2.45, 2.75) is 54.5 Å². The van der Waals surface area contributed by atoms with Gasteiger partial charge in [-0.15, -0.1) is 0 Å². The molecule has 0 N–H and O–H groups in total. The van der Waals surface area contributed by atoms with Gasteiger partial charge in [-0.05, 0) is 35.9 Å². The van der Waals surface area contributed by atoms with Gasteiger partial charge in [0.1, 0.15) is 0 Å². The lowest BCUT2D eigenvalue weighted by atomic mass is 9.75. The van der Waals surface area contributed by atoms with Gasteiger partial charge in [-0.2, -0.15) is 0 Å². The fourth-order valence-electron chi connectivity index (χ4n) is 2.66. The molecule has 1 rings (SSSR count). The summed E-state index contributed by atoms with van der Waals surface area (Å²) in [5.74, 6) is 0. The van der Waals surface area contributed by atoms with Gasteiger partial charge in [0.2, 0.25) is 0 Å². The summed E-state index contributed by atoms with van der Waals surface area (Å²) in [6.45, 7) is 17.5. The van der Waals surface area contributed by atoms with Crippen molar-refractivity contribution in [1.82, 2.24) is 4.90 Å².